The number of carbonyl (C=O) groups excluding carboxylic acids is 2. The normalized spacial score (nSPS) is 19.6. The molecule has 0 aromatic heterocycles. The van der Waals surface area contributed by atoms with Gasteiger partial charge in [0, 0.05) is 26.6 Å². The lowest BCUT2D eigenvalue weighted by atomic mass is 10.0. The first-order chi connectivity index (χ1) is 8.08. The third-order valence-electron chi connectivity index (χ3n) is 3.12. The molecule has 1 unspecified atom stereocenters. The highest BCUT2D eigenvalue weighted by molar-refractivity contribution is 5.78. The van der Waals surface area contributed by atoms with Crippen LogP contribution in [0.4, 0.5) is 4.79 Å². The first kappa shape index (κ1) is 13.8. The summed E-state index contributed by atoms with van der Waals surface area (Å²) in [6, 6.07) is 0. The van der Waals surface area contributed by atoms with Crippen molar-refractivity contribution in [2.45, 2.75) is 33.1 Å². The van der Waals surface area contributed by atoms with Crippen LogP contribution in [0.5, 0.6) is 0 Å². The van der Waals surface area contributed by atoms with Gasteiger partial charge in [-0.2, -0.15) is 0 Å². The van der Waals surface area contributed by atoms with Gasteiger partial charge in [0.2, 0.25) is 5.91 Å². The van der Waals surface area contributed by atoms with Crippen molar-refractivity contribution in [3.05, 3.63) is 0 Å². The van der Waals surface area contributed by atoms with Gasteiger partial charge in [-0.3, -0.25) is 4.79 Å². The summed E-state index contributed by atoms with van der Waals surface area (Å²) in [6.45, 7) is 5.40. The van der Waals surface area contributed by atoms with Gasteiger partial charge in [-0.1, -0.05) is 13.3 Å². The van der Waals surface area contributed by atoms with E-state index in [-0.39, 0.29) is 18.7 Å². The van der Waals surface area contributed by atoms with Crippen molar-refractivity contribution in [3.63, 3.8) is 0 Å². The maximum absolute atomic E-state index is 11.6. The van der Waals surface area contributed by atoms with E-state index >= 15 is 0 Å². The molecular formula is C12H22N2O3. The van der Waals surface area contributed by atoms with Crippen molar-refractivity contribution in [3.8, 4) is 0 Å². The number of rotatable bonds is 5. The molecular weight excluding hydrogens is 220 g/mol. The summed E-state index contributed by atoms with van der Waals surface area (Å²) in [5.74, 6) is 0.519. The second-order valence-corrected chi connectivity index (χ2v) is 4.53. The van der Waals surface area contributed by atoms with E-state index in [1.165, 1.54) is 4.90 Å². The highest BCUT2D eigenvalue weighted by Gasteiger charge is 2.29. The van der Waals surface area contributed by atoms with Crippen LogP contribution in [-0.2, 0) is 9.53 Å². The first-order valence-corrected chi connectivity index (χ1v) is 6.24. The van der Waals surface area contributed by atoms with Crippen LogP contribution in [0.2, 0.25) is 0 Å². The van der Waals surface area contributed by atoms with Crippen LogP contribution in [0.25, 0.3) is 0 Å². The molecule has 0 aliphatic carbocycles. The minimum Gasteiger partial charge on any atom is -0.428 e. The van der Waals surface area contributed by atoms with Crippen LogP contribution in [0.1, 0.15) is 33.1 Å². The second-order valence-electron chi connectivity index (χ2n) is 4.53. The Balaban J connectivity index is 2.33. The Morgan fingerprint density at radius 1 is 1.53 bits per heavy atom. The summed E-state index contributed by atoms with van der Waals surface area (Å²) in [7, 11) is 1.67. The maximum atomic E-state index is 11.6. The third-order valence-corrected chi connectivity index (χ3v) is 3.12. The van der Waals surface area contributed by atoms with E-state index in [0.29, 0.717) is 18.9 Å². The summed E-state index contributed by atoms with van der Waals surface area (Å²) in [5.41, 5.74) is 0. The zero-order chi connectivity index (χ0) is 12.8. The number of nitrogens with zero attached hydrogens (tertiary/aromatic N) is 2. The van der Waals surface area contributed by atoms with Crippen LogP contribution in [-0.4, -0.2) is 48.7 Å². The minimum atomic E-state index is -0.376. The number of ether oxygens (including phenoxy) is 1. The molecule has 0 aromatic carbocycles. The van der Waals surface area contributed by atoms with Gasteiger partial charge in [-0.15, -0.1) is 0 Å². The molecule has 0 aromatic rings. The fourth-order valence-corrected chi connectivity index (χ4v) is 1.95. The topological polar surface area (TPSA) is 49.9 Å². The van der Waals surface area contributed by atoms with E-state index < -0.39 is 0 Å². The van der Waals surface area contributed by atoms with Gasteiger partial charge < -0.3 is 14.5 Å². The van der Waals surface area contributed by atoms with Gasteiger partial charge in [0.05, 0.1) is 0 Å². The summed E-state index contributed by atoms with van der Waals surface area (Å²) in [4.78, 5) is 26.1. The first-order valence-electron chi connectivity index (χ1n) is 6.24. The summed E-state index contributed by atoms with van der Waals surface area (Å²) >= 11 is 0. The standard InChI is InChI=1S/C12H22N2O3/c1-4-6-10-7-11(15)14(8-10)9-17-12(16)13(3)5-2/h10H,4-9H2,1-3H3. The molecule has 0 saturated carbocycles. The molecule has 1 fully saturated rings. The minimum absolute atomic E-state index is 0.0855. The van der Waals surface area contributed by atoms with Gasteiger partial charge in [-0.25, -0.2) is 4.79 Å². The lowest BCUT2D eigenvalue weighted by Crippen LogP contribution is -2.34. The Morgan fingerprint density at radius 2 is 2.24 bits per heavy atom. The maximum Gasteiger partial charge on any atom is 0.411 e. The lowest BCUT2D eigenvalue weighted by molar-refractivity contribution is -0.131. The number of hydrogen-bond acceptors (Lipinski definition) is 3. The second kappa shape index (κ2) is 6.47. The van der Waals surface area contributed by atoms with Crippen LogP contribution >= 0.6 is 0 Å². The molecule has 1 aliphatic rings. The number of hydrogen-bond donors (Lipinski definition) is 0. The SMILES string of the molecule is CCCC1CC(=O)N(COC(=O)N(C)CC)C1. The Hall–Kier alpha value is -1.26. The van der Waals surface area contributed by atoms with E-state index in [4.69, 9.17) is 4.74 Å². The fourth-order valence-electron chi connectivity index (χ4n) is 1.95. The predicted octanol–water partition coefficient (Wildman–Crippen LogP) is 1.68. The number of amides is 2. The molecule has 0 bridgehead atoms. The van der Waals surface area contributed by atoms with Crippen molar-refractivity contribution < 1.29 is 14.3 Å². The average Bonchev–Trinajstić information content (AvgIpc) is 2.66. The Labute approximate surface area is 103 Å². The van der Waals surface area contributed by atoms with Crippen LogP contribution in [0.3, 0.4) is 0 Å². The van der Waals surface area contributed by atoms with E-state index in [2.05, 4.69) is 6.92 Å². The Kier molecular flexibility index (Phi) is 5.25. The summed E-state index contributed by atoms with van der Waals surface area (Å²) in [5, 5.41) is 0. The molecule has 1 atom stereocenters. The lowest BCUT2D eigenvalue weighted by Gasteiger charge is -2.19. The van der Waals surface area contributed by atoms with E-state index in [9.17, 15) is 9.59 Å². The highest BCUT2D eigenvalue weighted by Crippen LogP contribution is 2.21. The Bertz CT molecular complexity index is 281. The molecule has 1 rings (SSSR count). The van der Waals surface area contributed by atoms with Crippen molar-refractivity contribution in [1.82, 2.24) is 9.80 Å². The Morgan fingerprint density at radius 3 is 2.82 bits per heavy atom. The van der Waals surface area contributed by atoms with Crippen molar-refractivity contribution in [1.29, 1.82) is 0 Å². The molecule has 17 heavy (non-hydrogen) atoms. The average molecular weight is 242 g/mol. The zero-order valence-corrected chi connectivity index (χ0v) is 10.9. The van der Waals surface area contributed by atoms with E-state index in [1.54, 1.807) is 11.9 Å². The third kappa shape index (κ3) is 3.91. The summed E-state index contributed by atoms with van der Waals surface area (Å²) < 4.78 is 5.07. The quantitative estimate of drug-likeness (QED) is 0.737. The fraction of sp³-hybridized carbons (Fsp3) is 0.833. The molecule has 5 nitrogen and oxygen atoms in total. The summed E-state index contributed by atoms with van der Waals surface area (Å²) in [6.07, 6.45) is 2.36. The molecule has 0 N–H and O–H groups in total. The molecule has 1 aliphatic heterocycles. The van der Waals surface area contributed by atoms with Gasteiger partial charge >= 0.3 is 6.09 Å². The largest absolute Gasteiger partial charge is 0.428 e. The predicted molar refractivity (Wildman–Crippen MR) is 64.4 cm³/mol. The molecule has 0 spiro atoms. The van der Waals surface area contributed by atoms with Gasteiger partial charge in [0.25, 0.3) is 0 Å². The number of carbonyl (C=O) groups is 2. The molecule has 0 radical (unpaired) electrons. The van der Waals surface area contributed by atoms with Crippen LogP contribution in [0, 0.1) is 5.92 Å². The van der Waals surface area contributed by atoms with E-state index in [1.807, 2.05) is 6.92 Å². The molecule has 98 valence electrons. The molecule has 5 heteroatoms. The van der Waals surface area contributed by atoms with Crippen molar-refractivity contribution in [2.24, 2.45) is 5.92 Å². The monoisotopic (exact) mass is 242 g/mol. The zero-order valence-electron chi connectivity index (χ0n) is 10.9. The van der Waals surface area contributed by atoms with Gasteiger partial charge in [0.15, 0.2) is 6.73 Å². The van der Waals surface area contributed by atoms with Crippen molar-refractivity contribution in [2.75, 3.05) is 26.9 Å². The van der Waals surface area contributed by atoms with Crippen LogP contribution in [0.15, 0.2) is 0 Å². The molecule has 2 amide bonds. The van der Waals surface area contributed by atoms with Crippen molar-refractivity contribution >= 4 is 12.0 Å². The van der Waals surface area contributed by atoms with Crippen LogP contribution < -0.4 is 0 Å². The molecule has 1 heterocycles. The highest BCUT2D eigenvalue weighted by atomic mass is 16.6. The number of likely N-dealkylation sites (tertiary alicyclic amines) is 1. The molecule has 1 saturated heterocycles. The van der Waals surface area contributed by atoms with E-state index in [0.717, 1.165) is 19.4 Å². The van der Waals surface area contributed by atoms with Gasteiger partial charge in [0.1, 0.15) is 0 Å². The smallest absolute Gasteiger partial charge is 0.411 e. The van der Waals surface area contributed by atoms with Gasteiger partial charge in [-0.05, 0) is 19.3 Å².